The Kier molecular flexibility index (Phi) is 4.54. The van der Waals surface area contributed by atoms with Gasteiger partial charge in [-0.1, -0.05) is 0 Å². The summed E-state index contributed by atoms with van der Waals surface area (Å²) < 4.78 is 40.2. The minimum absolute atomic E-state index is 0.229. The van der Waals surface area contributed by atoms with Gasteiger partial charge in [0.05, 0.1) is 11.1 Å². The van der Waals surface area contributed by atoms with Crippen molar-refractivity contribution in [3.05, 3.63) is 41.3 Å². The molecule has 0 unspecified atom stereocenters. The maximum Gasteiger partial charge on any atom is 0.435 e. The molecule has 0 N–H and O–H groups in total. The van der Waals surface area contributed by atoms with Crippen molar-refractivity contribution < 1.29 is 18.0 Å². The van der Waals surface area contributed by atoms with Crippen LogP contribution in [0.4, 0.5) is 19.0 Å². The minimum atomic E-state index is -4.69. The molecule has 0 saturated carbocycles. The zero-order valence-electron chi connectivity index (χ0n) is 13.9. The number of anilines is 1. The zero-order valence-corrected chi connectivity index (χ0v) is 13.9. The molecule has 10 heteroatoms. The van der Waals surface area contributed by atoms with Gasteiger partial charge in [0.25, 0.3) is 5.91 Å². The summed E-state index contributed by atoms with van der Waals surface area (Å²) in [5.41, 5.74) is -1.22. The molecule has 3 rings (SSSR count). The SMILES string of the molecule is Cn1cc(C(=O)N2CCN(c3ncccc3C#N)CC2)c(C(F)(F)F)n1. The van der Waals surface area contributed by atoms with Crippen LogP contribution in [0.5, 0.6) is 0 Å². The summed E-state index contributed by atoms with van der Waals surface area (Å²) in [5.74, 6) is -0.189. The van der Waals surface area contributed by atoms with Gasteiger partial charge < -0.3 is 9.80 Å². The minimum Gasteiger partial charge on any atom is -0.352 e. The molecule has 1 aliphatic heterocycles. The van der Waals surface area contributed by atoms with E-state index in [9.17, 15) is 18.0 Å². The highest BCUT2D eigenvalue weighted by Crippen LogP contribution is 2.31. The van der Waals surface area contributed by atoms with Gasteiger partial charge in [-0.05, 0) is 12.1 Å². The first-order valence-electron chi connectivity index (χ1n) is 7.81. The van der Waals surface area contributed by atoms with Crippen LogP contribution in [0.15, 0.2) is 24.5 Å². The molecule has 1 saturated heterocycles. The summed E-state index contributed by atoms with van der Waals surface area (Å²) in [7, 11) is 1.34. The Morgan fingerprint density at radius 2 is 1.96 bits per heavy atom. The van der Waals surface area contributed by atoms with E-state index in [4.69, 9.17) is 5.26 Å². The normalized spacial score (nSPS) is 15.0. The molecule has 1 fully saturated rings. The third-order valence-corrected chi connectivity index (χ3v) is 4.10. The summed E-state index contributed by atoms with van der Waals surface area (Å²) in [6.45, 7) is 1.21. The second-order valence-corrected chi connectivity index (χ2v) is 5.83. The van der Waals surface area contributed by atoms with Crippen LogP contribution in [0.3, 0.4) is 0 Å². The lowest BCUT2D eigenvalue weighted by molar-refractivity contribution is -0.141. The lowest BCUT2D eigenvalue weighted by Gasteiger charge is -2.35. The van der Waals surface area contributed by atoms with Crippen molar-refractivity contribution in [1.82, 2.24) is 19.7 Å². The van der Waals surface area contributed by atoms with Gasteiger partial charge in [-0.25, -0.2) is 4.98 Å². The molecular weight excluding hydrogens is 349 g/mol. The molecule has 1 aliphatic rings. The highest BCUT2D eigenvalue weighted by molar-refractivity contribution is 5.95. The number of rotatable bonds is 2. The van der Waals surface area contributed by atoms with Crippen molar-refractivity contribution in [3.63, 3.8) is 0 Å². The third-order valence-electron chi connectivity index (χ3n) is 4.10. The maximum absolute atomic E-state index is 13.1. The number of amides is 1. The summed E-state index contributed by atoms with van der Waals surface area (Å²) >= 11 is 0. The number of aryl methyl sites for hydroxylation is 1. The van der Waals surface area contributed by atoms with Gasteiger partial charge in [0.2, 0.25) is 0 Å². The number of piperazine rings is 1. The van der Waals surface area contributed by atoms with Gasteiger partial charge in [0.1, 0.15) is 11.9 Å². The number of halogens is 3. The van der Waals surface area contributed by atoms with E-state index >= 15 is 0 Å². The Morgan fingerprint density at radius 3 is 2.58 bits per heavy atom. The van der Waals surface area contributed by atoms with Crippen LogP contribution >= 0.6 is 0 Å². The number of pyridine rings is 1. The summed E-state index contributed by atoms with van der Waals surface area (Å²) in [4.78, 5) is 19.9. The van der Waals surface area contributed by atoms with E-state index in [0.29, 0.717) is 24.5 Å². The van der Waals surface area contributed by atoms with Crippen molar-refractivity contribution in [2.24, 2.45) is 7.05 Å². The van der Waals surface area contributed by atoms with Crippen molar-refractivity contribution in [1.29, 1.82) is 5.26 Å². The van der Waals surface area contributed by atoms with Crippen LogP contribution in [0.2, 0.25) is 0 Å². The average molecular weight is 364 g/mol. The monoisotopic (exact) mass is 364 g/mol. The number of carbonyl (C=O) groups excluding carboxylic acids is 1. The highest BCUT2D eigenvalue weighted by Gasteiger charge is 2.40. The molecule has 0 atom stereocenters. The van der Waals surface area contributed by atoms with E-state index in [2.05, 4.69) is 16.2 Å². The van der Waals surface area contributed by atoms with E-state index in [-0.39, 0.29) is 13.1 Å². The molecule has 2 aromatic heterocycles. The second kappa shape index (κ2) is 6.67. The van der Waals surface area contributed by atoms with Crippen LogP contribution in [0.25, 0.3) is 0 Å². The first-order valence-corrected chi connectivity index (χ1v) is 7.81. The molecule has 0 spiro atoms. The average Bonchev–Trinajstić information content (AvgIpc) is 3.03. The molecule has 7 nitrogen and oxygen atoms in total. The van der Waals surface area contributed by atoms with E-state index in [1.807, 2.05) is 4.90 Å². The molecule has 26 heavy (non-hydrogen) atoms. The van der Waals surface area contributed by atoms with Gasteiger partial charge in [-0.15, -0.1) is 0 Å². The standard InChI is InChI=1S/C16H15F3N6O/c1-23-10-12(13(22-23)16(17,18)19)15(26)25-7-5-24(6-8-25)14-11(9-20)3-2-4-21-14/h2-4,10H,5-8H2,1H3. The van der Waals surface area contributed by atoms with Crippen LogP contribution in [0.1, 0.15) is 21.6 Å². The molecule has 1 amide bonds. The Hall–Kier alpha value is -3.09. The first kappa shape index (κ1) is 17.7. The van der Waals surface area contributed by atoms with Crippen LogP contribution in [0, 0.1) is 11.3 Å². The summed E-state index contributed by atoms with van der Waals surface area (Å²) in [6.07, 6.45) is -2.03. The van der Waals surface area contributed by atoms with Crippen molar-refractivity contribution >= 4 is 11.7 Å². The van der Waals surface area contributed by atoms with Crippen molar-refractivity contribution in [3.8, 4) is 6.07 Å². The van der Waals surface area contributed by atoms with Crippen LogP contribution in [-0.4, -0.2) is 51.8 Å². The lowest BCUT2D eigenvalue weighted by Crippen LogP contribution is -2.49. The van der Waals surface area contributed by atoms with Crippen LogP contribution < -0.4 is 4.90 Å². The number of carbonyl (C=O) groups is 1. The largest absolute Gasteiger partial charge is 0.435 e. The Labute approximate surface area is 147 Å². The number of aromatic nitrogens is 3. The summed E-state index contributed by atoms with van der Waals surface area (Å²) in [5, 5.41) is 12.5. The van der Waals surface area contributed by atoms with Gasteiger partial charge in [0, 0.05) is 45.6 Å². The second-order valence-electron chi connectivity index (χ2n) is 5.83. The highest BCUT2D eigenvalue weighted by atomic mass is 19.4. The van der Waals surface area contributed by atoms with Gasteiger partial charge in [0.15, 0.2) is 5.69 Å². The number of nitrogens with zero attached hydrogens (tertiary/aromatic N) is 6. The molecule has 0 radical (unpaired) electrons. The third kappa shape index (κ3) is 3.33. The topological polar surface area (TPSA) is 78.0 Å². The first-order chi connectivity index (χ1) is 12.3. The predicted molar refractivity (Wildman–Crippen MR) is 85.3 cm³/mol. The molecular formula is C16H15F3N6O. The fourth-order valence-corrected chi connectivity index (χ4v) is 2.88. The van der Waals surface area contributed by atoms with Crippen molar-refractivity contribution in [2.45, 2.75) is 6.18 Å². The van der Waals surface area contributed by atoms with Gasteiger partial charge in [-0.2, -0.15) is 23.5 Å². The fourth-order valence-electron chi connectivity index (χ4n) is 2.88. The molecule has 136 valence electrons. The van der Waals surface area contributed by atoms with E-state index in [1.165, 1.54) is 11.9 Å². The van der Waals surface area contributed by atoms with E-state index < -0.39 is 23.3 Å². The molecule has 0 aliphatic carbocycles. The molecule has 3 heterocycles. The Balaban J connectivity index is 1.75. The molecule has 0 aromatic carbocycles. The summed E-state index contributed by atoms with van der Waals surface area (Å²) in [6, 6.07) is 5.36. The quantitative estimate of drug-likeness (QED) is 0.810. The maximum atomic E-state index is 13.1. The van der Waals surface area contributed by atoms with Gasteiger partial charge in [-0.3, -0.25) is 9.48 Å². The Bertz CT molecular complexity index is 862. The number of alkyl halides is 3. The number of nitriles is 1. The molecule has 2 aromatic rings. The van der Waals surface area contributed by atoms with E-state index in [0.717, 1.165) is 10.9 Å². The smallest absolute Gasteiger partial charge is 0.352 e. The zero-order chi connectivity index (χ0) is 18.9. The molecule has 0 bridgehead atoms. The van der Waals surface area contributed by atoms with E-state index in [1.54, 1.807) is 18.3 Å². The van der Waals surface area contributed by atoms with Crippen molar-refractivity contribution in [2.75, 3.05) is 31.1 Å². The number of hydrogen-bond donors (Lipinski definition) is 0. The Morgan fingerprint density at radius 1 is 1.27 bits per heavy atom. The fraction of sp³-hybridized carbons (Fsp3) is 0.375. The number of hydrogen-bond acceptors (Lipinski definition) is 5. The predicted octanol–water partition coefficient (Wildman–Crippen LogP) is 1.67. The van der Waals surface area contributed by atoms with Gasteiger partial charge >= 0.3 is 6.18 Å². The lowest BCUT2D eigenvalue weighted by atomic mass is 10.2. The van der Waals surface area contributed by atoms with Crippen LogP contribution in [-0.2, 0) is 13.2 Å².